The molecule has 1 N–H and O–H groups in total. The minimum atomic E-state index is 0. The maximum atomic E-state index is 3.67. The Bertz CT molecular complexity index is 65.3. The average Bonchev–Trinajstić information content (AvgIpc) is 1.76. The van der Waals surface area contributed by atoms with Gasteiger partial charge in [0.05, 0.1) is 6.33 Å². The van der Waals surface area contributed by atoms with Crippen LogP contribution in [0.3, 0.4) is 0 Å². The van der Waals surface area contributed by atoms with Crippen LogP contribution in [-0.4, -0.2) is 36.2 Å². The minimum absolute atomic E-state index is 0. The molecule has 3 heteroatoms. The fourth-order valence-electron chi connectivity index (χ4n) is 0.215. The molecule has 0 aliphatic heterocycles. The second-order valence-electron chi connectivity index (χ2n) is 0.761. The van der Waals surface area contributed by atoms with Crippen LogP contribution in [0.1, 0.15) is 0 Å². The molecule has 1 aromatic rings. The van der Waals surface area contributed by atoms with Crippen molar-refractivity contribution in [3.8, 4) is 0 Å². The number of hydrogen-bond donors (Lipinski definition) is 1. The van der Waals surface area contributed by atoms with Crippen LogP contribution in [0.15, 0.2) is 18.7 Å². The van der Waals surface area contributed by atoms with Crippen molar-refractivity contribution >= 4 is 26.2 Å². The van der Waals surface area contributed by atoms with Crippen LogP contribution in [0.25, 0.3) is 0 Å². The summed E-state index contributed by atoms with van der Waals surface area (Å²) < 4.78 is 0. The maximum absolute atomic E-state index is 3.67. The van der Waals surface area contributed by atoms with Crippen LogP contribution in [0, 0.1) is 0 Å². The molecular weight excluding hydrogens is 273 g/mol. The van der Waals surface area contributed by atoms with Gasteiger partial charge in [0, 0.05) is 12.4 Å². The molecule has 0 fully saturated rings. The monoisotopic (exact) mass is 280 g/mol. The third-order valence-electron chi connectivity index (χ3n) is 0.406. The molecule has 0 saturated heterocycles. The SMILES string of the molecule is [BiH3].c1c[nH]cn1. The minimum Gasteiger partial charge on any atom is -0.351 e. The van der Waals surface area contributed by atoms with Crippen molar-refractivity contribution in [3.63, 3.8) is 0 Å². The van der Waals surface area contributed by atoms with Gasteiger partial charge >= 0.3 is 26.2 Å². The van der Waals surface area contributed by atoms with Crippen molar-refractivity contribution in [2.45, 2.75) is 0 Å². The molecule has 0 aliphatic carbocycles. The van der Waals surface area contributed by atoms with Crippen LogP contribution in [0.2, 0.25) is 0 Å². The van der Waals surface area contributed by atoms with E-state index in [-0.39, 0.29) is 26.2 Å². The summed E-state index contributed by atoms with van der Waals surface area (Å²) in [6.45, 7) is 0. The molecule has 0 atom stereocenters. The Balaban J connectivity index is 0.000000250. The predicted octanol–water partition coefficient (Wildman–Crippen LogP) is -0.774. The molecule has 1 aromatic heterocycles. The standard InChI is InChI=1S/C3H4N2.Bi.3H/c1-2-5-3-4-1;;;;/h1-3H,(H,4,5);;;;. The van der Waals surface area contributed by atoms with Gasteiger partial charge in [-0.1, -0.05) is 0 Å². The Morgan fingerprint density at radius 3 is 2.50 bits per heavy atom. The van der Waals surface area contributed by atoms with E-state index in [1.165, 1.54) is 0 Å². The Labute approximate surface area is 55.1 Å². The Morgan fingerprint density at radius 2 is 2.33 bits per heavy atom. The molecule has 1 heterocycles. The molecule has 34 valence electrons. The van der Waals surface area contributed by atoms with E-state index in [0.717, 1.165) is 0 Å². The summed E-state index contributed by atoms with van der Waals surface area (Å²) in [6, 6.07) is 0. The Hall–Kier alpha value is 0.0931. The molecule has 1 rings (SSSR count). The molecule has 0 spiro atoms. The van der Waals surface area contributed by atoms with Crippen molar-refractivity contribution < 1.29 is 0 Å². The van der Waals surface area contributed by atoms with Gasteiger partial charge in [-0.2, -0.15) is 0 Å². The van der Waals surface area contributed by atoms with Crippen LogP contribution in [-0.2, 0) is 0 Å². The van der Waals surface area contributed by atoms with Crippen molar-refractivity contribution in [1.82, 2.24) is 9.97 Å². The number of nitrogens with zero attached hydrogens (tertiary/aromatic N) is 1. The first-order valence-electron chi connectivity index (χ1n) is 1.43. The molecule has 0 aromatic carbocycles. The number of aromatic amines is 1. The predicted molar refractivity (Wildman–Crippen MR) is 28.5 cm³/mol. The summed E-state index contributed by atoms with van der Waals surface area (Å²) in [4.78, 5) is 6.42. The van der Waals surface area contributed by atoms with E-state index in [9.17, 15) is 0 Å². The van der Waals surface area contributed by atoms with E-state index in [0.29, 0.717) is 0 Å². The van der Waals surface area contributed by atoms with Crippen LogP contribution in [0.5, 0.6) is 0 Å². The summed E-state index contributed by atoms with van der Waals surface area (Å²) in [5, 5.41) is 0. The largest absolute Gasteiger partial charge is 0.351 e. The molecule has 0 radical (unpaired) electrons. The first kappa shape index (κ1) is 6.09. The third kappa shape index (κ3) is 1.51. The van der Waals surface area contributed by atoms with Gasteiger partial charge in [0.25, 0.3) is 0 Å². The molecule has 0 aliphatic rings. The summed E-state index contributed by atoms with van der Waals surface area (Å²) in [7, 11) is 0. The Kier molecular flexibility index (Phi) is 3.34. The van der Waals surface area contributed by atoms with E-state index >= 15 is 0 Å². The average molecular weight is 280 g/mol. The van der Waals surface area contributed by atoms with Crippen LogP contribution >= 0.6 is 0 Å². The van der Waals surface area contributed by atoms with E-state index in [2.05, 4.69) is 9.97 Å². The normalized spacial score (nSPS) is 6.67. The van der Waals surface area contributed by atoms with E-state index < -0.39 is 0 Å². The summed E-state index contributed by atoms with van der Waals surface area (Å²) in [5.41, 5.74) is 0. The van der Waals surface area contributed by atoms with Gasteiger partial charge in [-0.05, 0) is 0 Å². The van der Waals surface area contributed by atoms with Crippen molar-refractivity contribution in [1.29, 1.82) is 0 Å². The van der Waals surface area contributed by atoms with E-state index in [1.54, 1.807) is 18.7 Å². The molecular formula is C3H7BiN2. The van der Waals surface area contributed by atoms with Gasteiger partial charge in [-0.25, -0.2) is 4.98 Å². The van der Waals surface area contributed by atoms with Crippen LogP contribution < -0.4 is 0 Å². The van der Waals surface area contributed by atoms with E-state index in [4.69, 9.17) is 0 Å². The maximum Gasteiger partial charge on any atom is 0.0919 e. The summed E-state index contributed by atoms with van der Waals surface area (Å²) >= 11 is 0. The van der Waals surface area contributed by atoms with Gasteiger partial charge in [0.2, 0.25) is 0 Å². The fourth-order valence-corrected chi connectivity index (χ4v) is 0.215. The summed E-state index contributed by atoms with van der Waals surface area (Å²) in [6.07, 6.45) is 5.08. The van der Waals surface area contributed by atoms with Crippen molar-refractivity contribution in [2.24, 2.45) is 0 Å². The molecule has 2 nitrogen and oxygen atoms in total. The number of H-pyrrole nitrogens is 1. The first-order valence-corrected chi connectivity index (χ1v) is 1.43. The fraction of sp³-hybridized carbons (Fsp3) is 0. The number of aromatic nitrogens is 2. The molecule has 0 unspecified atom stereocenters. The quantitative estimate of drug-likeness (QED) is 0.621. The van der Waals surface area contributed by atoms with E-state index in [1.807, 2.05) is 0 Å². The van der Waals surface area contributed by atoms with Gasteiger partial charge in [0.1, 0.15) is 0 Å². The number of imidazole rings is 1. The van der Waals surface area contributed by atoms with Gasteiger partial charge in [-0.15, -0.1) is 0 Å². The second kappa shape index (κ2) is 3.29. The van der Waals surface area contributed by atoms with Gasteiger partial charge < -0.3 is 4.98 Å². The second-order valence-corrected chi connectivity index (χ2v) is 0.761. The zero-order valence-electron chi connectivity index (χ0n) is 3.39. The number of rotatable bonds is 0. The molecule has 0 bridgehead atoms. The van der Waals surface area contributed by atoms with Crippen molar-refractivity contribution in [2.75, 3.05) is 0 Å². The van der Waals surface area contributed by atoms with Gasteiger partial charge in [0.15, 0.2) is 0 Å². The first-order chi connectivity index (χ1) is 2.50. The Morgan fingerprint density at radius 1 is 1.50 bits per heavy atom. The molecule has 6 heavy (non-hydrogen) atoms. The number of hydrogen-bond acceptors (Lipinski definition) is 1. The number of nitrogens with one attached hydrogen (secondary N) is 1. The zero-order valence-corrected chi connectivity index (χ0v) is 8.88. The topological polar surface area (TPSA) is 28.7 Å². The molecule has 0 saturated carbocycles. The smallest absolute Gasteiger partial charge is 0.0919 e. The van der Waals surface area contributed by atoms with Crippen molar-refractivity contribution in [3.05, 3.63) is 18.7 Å². The third-order valence-corrected chi connectivity index (χ3v) is 0.406. The van der Waals surface area contributed by atoms with Crippen LogP contribution in [0.4, 0.5) is 0 Å². The zero-order chi connectivity index (χ0) is 3.54. The summed E-state index contributed by atoms with van der Waals surface area (Å²) in [5.74, 6) is 0. The molecule has 0 amide bonds. The van der Waals surface area contributed by atoms with Gasteiger partial charge in [-0.3, -0.25) is 0 Å².